The predicted molar refractivity (Wildman–Crippen MR) is 73.4 cm³/mol. The molecule has 2 heterocycles. The highest BCUT2D eigenvalue weighted by Crippen LogP contribution is 2.32. The van der Waals surface area contributed by atoms with Gasteiger partial charge in [0.15, 0.2) is 0 Å². The highest BCUT2D eigenvalue weighted by molar-refractivity contribution is 9.10. The SMILES string of the molecule is CC1(C(=N)N)CCN(c2ccc(Br)cn2)CC1. The van der Waals surface area contributed by atoms with Crippen LogP contribution in [0.5, 0.6) is 0 Å². The molecule has 0 aromatic carbocycles. The molecule has 1 fully saturated rings. The molecule has 0 aliphatic carbocycles. The fraction of sp³-hybridized carbons (Fsp3) is 0.500. The van der Waals surface area contributed by atoms with Crippen molar-refractivity contribution in [1.82, 2.24) is 4.98 Å². The van der Waals surface area contributed by atoms with Gasteiger partial charge in [0.05, 0.1) is 5.84 Å². The van der Waals surface area contributed by atoms with E-state index in [4.69, 9.17) is 11.1 Å². The minimum Gasteiger partial charge on any atom is -0.387 e. The summed E-state index contributed by atoms with van der Waals surface area (Å²) in [6.07, 6.45) is 3.65. The molecule has 0 amide bonds. The molecule has 1 saturated heterocycles. The van der Waals surface area contributed by atoms with Crippen LogP contribution in [-0.4, -0.2) is 23.9 Å². The highest BCUT2D eigenvalue weighted by atomic mass is 79.9. The Morgan fingerprint density at radius 2 is 2.12 bits per heavy atom. The second-order valence-corrected chi connectivity index (χ2v) is 5.71. The average molecular weight is 297 g/mol. The molecule has 1 aliphatic rings. The fourth-order valence-corrected chi connectivity index (χ4v) is 2.29. The number of nitrogens with one attached hydrogen (secondary N) is 1. The van der Waals surface area contributed by atoms with E-state index in [-0.39, 0.29) is 5.41 Å². The lowest BCUT2D eigenvalue weighted by Gasteiger charge is -2.39. The Morgan fingerprint density at radius 3 is 2.59 bits per heavy atom. The van der Waals surface area contributed by atoms with E-state index < -0.39 is 0 Å². The van der Waals surface area contributed by atoms with E-state index in [1.54, 1.807) is 0 Å². The molecule has 4 nitrogen and oxygen atoms in total. The summed E-state index contributed by atoms with van der Waals surface area (Å²) in [4.78, 5) is 6.64. The van der Waals surface area contributed by atoms with Crippen LogP contribution in [0.1, 0.15) is 19.8 Å². The first-order chi connectivity index (χ1) is 8.01. The molecule has 1 aromatic rings. The summed E-state index contributed by atoms with van der Waals surface area (Å²) in [7, 11) is 0. The van der Waals surface area contributed by atoms with Crippen molar-refractivity contribution in [2.24, 2.45) is 11.1 Å². The molecule has 0 atom stereocenters. The van der Waals surface area contributed by atoms with Gasteiger partial charge in [0.25, 0.3) is 0 Å². The molecule has 0 spiro atoms. The molecule has 1 aliphatic heterocycles. The number of piperidine rings is 1. The summed E-state index contributed by atoms with van der Waals surface area (Å²) in [5.74, 6) is 1.31. The Morgan fingerprint density at radius 1 is 1.47 bits per heavy atom. The minimum absolute atomic E-state index is 0.133. The highest BCUT2D eigenvalue weighted by Gasteiger charge is 2.33. The lowest BCUT2D eigenvalue weighted by molar-refractivity contribution is 0.350. The van der Waals surface area contributed by atoms with Crippen LogP contribution in [0.4, 0.5) is 5.82 Å². The number of aromatic nitrogens is 1. The first-order valence-corrected chi connectivity index (χ1v) is 6.51. The second-order valence-electron chi connectivity index (χ2n) is 4.80. The lowest BCUT2D eigenvalue weighted by Crippen LogP contribution is -2.45. The third-order valence-corrected chi connectivity index (χ3v) is 4.02. The van der Waals surface area contributed by atoms with E-state index in [9.17, 15) is 0 Å². The number of hydrogen-bond donors (Lipinski definition) is 2. The third-order valence-electron chi connectivity index (χ3n) is 3.55. The third kappa shape index (κ3) is 2.60. The van der Waals surface area contributed by atoms with Crippen LogP contribution >= 0.6 is 15.9 Å². The van der Waals surface area contributed by atoms with Gasteiger partial charge < -0.3 is 10.6 Å². The van der Waals surface area contributed by atoms with Gasteiger partial charge in [-0.2, -0.15) is 0 Å². The molecule has 0 unspecified atom stereocenters. The zero-order valence-electron chi connectivity index (χ0n) is 9.91. The maximum Gasteiger partial charge on any atom is 0.128 e. The molecule has 0 radical (unpaired) electrons. The summed E-state index contributed by atoms with van der Waals surface area (Å²) in [6, 6.07) is 4.02. The quantitative estimate of drug-likeness (QED) is 0.650. The molecule has 1 aromatic heterocycles. The first kappa shape index (κ1) is 12.4. The summed E-state index contributed by atoms with van der Waals surface area (Å²) >= 11 is 3.38. The maximum absolute atomic E-state index is 7.62. The Bertz CT molecular complexity index is 407. The molecule has 92 valence electrons. The van der Waals surface area contributed by atoms with Crippen LogP contribution in [0.3, 0.4) is 0 Å². The largest absolute Gasteiger partial charge is 0.387 e. The molecule has 5 heteroatoms. The zero-order valence-corrected chi connectivity index (χ0v) is 11.5. The van der Waals surface area contributed by atoms with Crippen molar-refractivity contribution in [1.29, 1.82) is 5.41 Å². The van der Waals surface area contributed by atoms with Crippen molar-refractivity contribution < 1.29 is 0 Å². The van der Waals surface area contributed by atoms with Gasteiger partial charge in [-0.05, 0) is 40.9 Å². The number of anilines is 1. The predicted octanol–water partition coefficient (Wildman–Crippen LogP) is 2.39. The standard InChI is InChI=1S/C12H17BrN4/c1-12(11(14)15)4-6-17(7-5-12)10-3-2-9(13)8-16-10/h2-3,8H,4-7H2,1H3,(H3,14,15). The molecular weight excluding hydrogens is 280 g/mol. The van der Waals surface area contributed by atoms with Crippen molar-refractivity contribution >= 4 is 27.6 Å². The van der Waals surface area contributed by atoms with Gasteiger partial charge in [0.2, 0.25) is 0 Å². The average Bonchev–Trinajstić information content (AvgIpc) is 2.31. The van der Waals surface area contributed by atoms with Gasteiger partial charge in [0, 0.05) is 29.2 Å². The van der Waals surface area contributed by atoms with Crippen LogP contribution in [0.15, 0.2) is 22.8 Å². The van der Waals surface area contributed by atoms with Crippen LogP contribution in [0, 0.1) is 10.8 Å². The van der Waals surface area contributed by atoms with Gasteiger partial charge in [-0.1, -0.05) is 6.92 Å². The molecule has 17 heavy (non-hydrogen) atoms. The van der Waals surface area contributed by atoms with E-state index >= 15 is 0 Å². The Labute approximate surface area is 110 Å². The minimum atomic E-state index is -0.133. The summed E-state index contributed by atoms with van der Waals surface area (Å²) in [5, 5.41) is 7.62. The number of rotatable bonds is 2. The Balaban J connectivity index is 2.04. The van der Waals surface area contributed by atoms with Crippen molar-refractivity contribution in [3.63, 3.8) is 0 Å². The van der Waals surface area contributed by atoms with Crippen LogP contribution in [-0.2, 0) is 0 Å². The van der Waals surface area contributed by atoms with Gasteiger partial charge in [-0.3, -0.25) is 5.41 Å². The van der Waals surface area contributed by atoms with Crippen LogP contribution < -0.4 is 10.6 Å². The number of nitrogens with zero attached hydrogens (tertiary/aromatic N) is 2. The van der Waals surface area contributed by atoms with Crippen molar-refractivity contribution in [3.8, 4) is 0 Å². The summed E-state index contributed by atoms with van der Waals surface area (Å²) < 4.78 is 0.992. The van der Waals surface area contributed by atoms with E-state index in [2.05, 4.69) is 32.7 Å². The molecule has 0 saturated carbocycles. The fourth-order valence-electron chi connectivity index (χ4n) is 2.05. The monoisotopic (exact) mass is 296 g/mol. The number of pyridine rings is 1. The van der Waals surface area contributed by atoms with Crippen LogP contribution in [0.2, 0.25) is 0 Å². The molecule has 2 rings (SSSR count). The maximum atomic E-state index is 7.62. The van der Waals surface area contributed by atoms with Crippen molar-refractivity contribution in [3.05, 3.63) is 22.8 Å². The van der Waals surface area contributed by atoms with Gasteiger partial charge in [0.1, 0.15) is 5.82 Å². The van der Waals surface area contributed by atoms with Gasteiger partial charge >= 0.3 is 0 Å². The molecular formula is C12H17BrN4. The first-order valence-electron chi connectivity index (χ1n) is 5.72. The number of amidine groups is 1. The number of hydrogen-bond acceptors (Lipinski definition) is 3. The smallest absolute Gasteiger partial charge is 0.128 e. The summed E-state index contributed by atoms with van der Waals surface area (Å²) in [6.45, 7) is 3.89. The normalized spacial score (nSPS) is 19.1. The second kappa shape index (κ2) is 4.64. The van der Waals surface area contributed by atoms with Crippen molar-refractivity contribution in [2.75, 3.05) is 18.0 Å². The van der Waals surface area contributed by atoms with Gasteiger partial charge in [-0.15, -0.1) is 0 Å². The lowest BCUT2D eigenvalue weighted by atomic mass is 9.79. The topological polar surface area (TPSA) is 66.0 Å². The van der Waals surface area contributed by atoms with Crippen molar-refractivity contribution in [2.45, 2.75) is 19.8 Å². The number of nitrogens with two attached hydrogens (primary N) is 1. The van der Waals surface area contributed by atoms with Crippen LogP contribution in [0.25, 0.3) is 0 Å². The summed E-state index contributed by atoms with van der Waals surface area (Å²) in [5.41, 5.74) is 5.52. The van der Waals surface area contributed by atoms with E-state index in [1.165, 1.54) is 0 Å². The van der Waals surface area contributed by atoms with E-state index in [0.717, 1.165) is 36.2 Å². The molecule has 3 N–H and O–H groups in total. The Hall–Kier alpha value is -1.10. The van der Waals surface area contributed by atoms with E-state index in [1.807, 2.05) is 18.3 Å². The zero-order chi connectivity index (χ0) is 12.5. The molecule has 0 bridgehead atoms. The van der Waals surface area contributed by atoms with E-state index in [0.29, 0.717) is 5.84 Å². The van der Waals surface area contributed by atoms with Gasteiger partial charge in [-0.25, -0.2) is 4.98 Å². The number of halogens is 1. The Kier molecular flexibility index (Phi) is 3.38.